The van der Waals surface area contributed by atoms with Crippen LogP contribution in [0.25, 0.3) is 11.3 Å². The predicted molar refractivity (Wildman–Crippen MR) is 84.4 cm³/mol. The zero-order chi connectivity index (χ0) is 15.4. The van der Waals surface area contributed by atoms with Gasteiger partial charge in [-0.2, -0.15) is 5.10 Å². The van der Waals surface area contributed by atoms with Crippen molar-refractivity contribution in [1.29, 1.82) is 0 Å². The normalized spacial score (nSPS) is 18.9. The van der Waals surface area contributed by atoms with Crippen molar-refractivity contribution in [3.8, 4) is 11.3 Å². The summed E-state index contributed by atoms with van der Waals surface area (Å²) in [6, 6.07) is 0. The Morgan fingerprint density at radius 2 is 2.23 bits per heavy atom. The molecule has 0 saturated carbocycles. The lowest BCUT2D eigenvalue weighted by atomic mass is 10.0. The average molecular weight is 301 g/mol. The number of aryl methyl sites for hydroxylation is 1. The Kier molecular flexibility index (Phi) is 4.80. The monoisotopic (exact) mass is 301 g/mol. The molecule has 0 bridgehead atoms. The Labute approximate surface area is 131 Å². The first kappa shape index (κ1) is 15.1. The molecule has 3 rings (SSSR count). The molecule has 0 radical (unpaired) electrons. The minimum Gasteiger partial charge on any atom is -0.383 e. The zero-order valence-electron chi connectivity index (χ0n) is 13.3. The van der Waals surface area contributed by atoms with Crippen molar-refractivity contribution in [3.05, 3.63) is 30.5 Å². The van der Waals surface area contributed by atoms with E-state index in [0.717, 1.165) is 49.6 Å². The number of methoxy groups -OCH3 is 1. The van der Waals surface area contributed by atoms with Crippen molar-refractivity contribution in [2.45, 2.75) is 12.8 Å². The van der Waals surface area contributed by atoms with Crippen LogP contribution in [-0.4, -0.2) is 58.0 Å². The average Bonchev–Trinajstić information content (AvgIpc) is 3.15. The Balaban J connectivity index is 1.62. The smallest absolute Gasteiger partial charge is 0.0920 e. The summed E-state index contributed by atoms with van der Waals surface area (Å²) < 4.78 is 6.94. The van der Waals surface area contributed by atoms with E-state index < -0.39 is 0 Å². The number of ether oxygens (including phenoxy) is 1. The van der Waals surface area contributed by atoms with Gasteiger partial charge < -0.3 is 9.64 Å². The van der Waals surface area contributed by atoms with Crippen molar-refractivity contribution >= 4 is 0 Å². The van der Waals surface area contributed by atoms with Gasteiger partial charge in [-0.3, -0.25) is 9.67 Å². The molecular formula is C16H23N5O. The summed E-state index contributed by atoms with van der Waals surface area (Å²) >= 11 is 0. The Morgan fingerprint density at radius 1 is 1.32 bits per heavy atom. The van der Waals surface area contributed by atoms with Gasteiger partial charge in [-0.1, -0.05) is 0 Å². The van der Waals surface area contributed by atoms with Crippen molar-refractivity contribution < 1.29 is 4.74 Å². The molecule has 3 heterocycles. The van der Waals surface area contributed by atoms with Gasteiger partial charge in [-0.15, -0.1) is 0 Å². The number of hydrogen-bond acceptors (Lipinski definition) is 5. The van der Waals surface area contributed by atoms with Gasteiger partial charge in [0.2, 0.25) is 0 Å². The molecule has 0 N–H and O–H groups in total. The molecule has 0 aromatic carbocycles. The van der Waals surface area contributed by atoms with Gasteiger partial charge in [0, 0.05) is 45.2 Å². The van der Waals surface area contributed by atoms with Gasteiger partial charge in [0.1, 0.15) is 0 Å². The molecule has 1 saturated heterocycles. The van der Waals surface area contributed by atoms with E-state index in [2.05, 4.69) is 15.0 Å². The molecule has 0 unspecified atom stereocenters. The summed E-state index contributed by atoms with van der Waals surface area (Å²) in [6.45, 7) is 4.11. The highest BCUT2D eigenvalue weighted by atomic mass is 16.5. The Hall–Kier alpha value is -1.79. The zero-order valence-corrected chi connectivity index (χ0v) is 13.3. The topological polar surface area (TPSA) is 56.1 Å². The van der Waals surface area contributed by atoms with E-state index in [4.69, 9.17) is 9.72 Å². The molecule has 1 atom stereocenters. The van der Waals surface area contributed by atoms with Crippen LogP contribution in [-0.2, 0) is 18.2 Å². The largest absolute Gasteiger partial charge is 0.383 e. The Morgan fingerprint density at radius 3 is 3.00 bits per heavy atom. The van der Waals surface area contributed by atoms with Crippen molar-refractivity contribution in [3.63, 3.8) is 0 Å². The highest BCUT2D eigenvalue weighted by molar-refractivity contribution is 5.55. The minimum atomic E-state index is 0.662. The third kappa shape index (κ3) is 3.69. The fraction of sp³-hybridized carbons (Fsp3) is 0.562. The molecular weight excluding hydrogens is 278 g/mol. The SMILES string of the molecule is COCCN1CC[C@H](Cc2cncc(-c3cnn(C)c3)n2)C1. The number of nitrogens with zero attached hydrogens (tertiary/aromatic N) is 5. The molecule has 1 aliphatic rings. The first-order valence-corrected chi connectivity index (χ1v) is 7.76. The molecule has 1 fully saturated rings. The maximum Gasteiger partial charge on any atom is 0.0920 e. The second-order valence-electron chi connectivity index (χ2n) is 5.95. The van der Waals surface area contributed by atoms with Crippen LogP contribution in [0.2, 0.25) is 0 Å². The van der Waals surface area contributed by atoms with Gasteiger partial charge >= 0.3 is 0 Å². The minimum absolute atomic E-state index is 0.662. The third-order valence-corrected chi connectivity index (χ3v) is 4.16. The van der Waals surface area contributed by atoms with E-state index in [1.54, 1.807) is 18.0 Å². The molecule has 6 nitrogen and oxygen atoms in total. The summed E-state index contributed by atoms with van der Waals surface area (Å²) in [6.07, 6.45) is 9.70. The fourth-order valence-electron chi connectivity index (χ4n) is 3.00. The molecule has 2 aromatic heterocycles. The second-order valence-corrected chi connectivity index (χ2v) is 5.95. The van der Waals surface area contributed by atoms with Gasteiger partial charge in [0.25, 0.3) is 0 Å². The molecule has 0 amide bonds. The van der Waals surface area contributed by atoms with E-state index in [9.17, 15) is 0 Å². The van der Waals surface area contributed by atoms with E-state index >= 15 is 0 Å². The first-order chi connectivity index (χ1) is 10.7. The highest BCUT2D eigenvalue weighted by Crippen LogP contribution is 2.21. The maximum absolute atomic E-state index is 5.15. The lowest BCUT2D eigenvalue weighted by Crippen LogP contribution is -2.25. The van der Waals surface area contributed by atoms with Gasteiger partial charge in [0.15, 0.2) is 0 Å². The van der Waals surface area contributed by atoms with Crippen LogP contribution < -0.4 is 0 Å². The van der Waals surface area contributed by atoms with E-state index in [-0.39, 0.29) is 0 Å². The summed E-state index contributed by atoms with van der Waals surface area (Å²) in [5.74, 6) is 0.662. The first-order valence-electron chi connectivity index (χ1n) is 7.76. The van der Waals surface area contributed by atoms with E-state index in [1.165, 1.54) is 6.42 Å². The quantitative estimate of drug-likeness (QED) is 0.807. The molecule has 6 heteroatoms. The van der Waals surface area contributed by atoms with Gasteiger partial charge in [0.05, 0.1) is 30.4 Å². The third-order valence-electron chi connectivity index (χ3n) is 4.16. The number of likely N-dealkylation sites (tertiary alicyclic amines) is 1. The van der Waals surface area contributed by atoms with E-state index in [1.807, 2.05) is 25.6 Å². The van der Waals surface area contributed by atoms with E-state index in [0.29, 0.717) is 5.92 Å². The molecule has 2 aromatic rings. The highest BCUT2D eigenvalue weighted by Gasteiger charge is 2.22. The molecule has 1 aliphatic heterocycles. The molecule has 118 valence electrons. The maximum atomic E-state index is 5.15. The summed E-state index contributed by atoms with van der Waals surface area (Å²) in [7, 11) is 3.67. The lowest BCUT2D eigenvalue weighted by molar-refractivity contribution is 0.159. The van der Waals surface area contributed by atoms with Crippen LogP contribution in [0, 0.1) is 5.92 Å². The van der Waals surface area contributed by atoms with Crippen molar-refractivity contribution in [1.82, 2.24) is 24.6 Å². The number of aromatic nitrogens is 4. The predicted octanol–water partition coefficient (Wildman–Crippen LogP) is 1.39. The van der Waals surface area contributed by atoms with Crippen LogP contribution in [0.15, 0.2) is 24.8 Å². The summed E-state index contributed by atoms with van der Waals surface area (Å²) in [4.78, 5) is 11.6. The molecule has 22 heavy (non-hydrogen) atoms. The Bertz CT molecular complexity index is 612. The second kappa shape index (κ2) is 6.98. The summed E-state index contributed by atoms with van der Waals surface area (Å²) in [5, 5.41) is 4.19. The van der Waals surface area contributed by atoms with Crippen LogP contribution in [0.4, 0.5) is 0 Å². The standard InChI is InChI=1S/C16H23N5O/c1-20-12-14(8-18-20)16-10-17-9-15(19-16)7-13-3-4-21(11-13)5-6-22-2/h8-10,12-13H,3-7,11H2,1-2H3/t13-/m1/s1. The lowest BCUT2D eigenvalue weighted by Gasteiger charge is -2.15. The fourth-order valence-corrected chi connectivity index (χ4v) is 3.00. The summed E-state index contributed by atoms with van der Waals surface area (Å²) in [5.41, 5.74) is 2.99. The number of rotatable bonds is 6. The molecule has 0 aliphatic carbocycles. The van der Waals surface area contributed by atoms with Crippen LogP contribution in [0.1, 0.15) is 12.1 Å². The molecule has 0 spiro atoms. The van der Waals surface area contributed by atoms with Crippen LogP contribution >= 0.6 is 0 Å². The van der Waals surface area contributed by atoms with Crippen LogP contribution in [0.5, 0.6) is 0 Å². The van der Waals surface area contributed by atoms with Gasteiger partial charge in [-0.25, -0.2) is 4.98 Å². The van der Waals surface area contributed by atoms with Gasteiger partial charge in [-0.05, 0) is 25.3 Å². The van der Waals surface area contributed by atoms with Crippen molar-refractivity contribution in [2.75, 3.05) is 33.4 Å². The van der Waals surface area contributed by atoms with Crippen LogP contribution in [0.3, 0.4) is 0 Å². The number of hydrogen-bond donors (Lipinski definition) is 0. The van der Waals surface area contributed by atoms with Crippen molar-refractivity contribution in [2.24, 2.45) is 13.0 Å².